The van der Waals surface area contributed by atoms with Crippen molar-refractivity contribution in [2.75, 3.05) is 6.61 Å². The molecule has 1 aromatic heterocycles. The van der Waals surface area contributed by atoms with E-state index in [1.807, 2.05) is 12.1 Å². The molecular weight excluding hydrogens is 232 g/mol. The number of nitrogens with zero attached hydrogens (tertiary/aromatic N) is 2. The number of carbonyl (C=O) groups excluding carboxylic acids is 1. The molecule has 0 saturated carbocycles. The van der Waals surface area contributed by atoms with Gasteiger partial charge in [-0.15, -0.1) is 0 Å². The maximum absolute atomic E-state index is 10.4. The van der Waals surface area contributed by atoms with E-state index in [1.54, 1.807) is 12.1 Å². The van der Waals surface area contributed by atoms with Gasteiger partial charge in [0.1, 0.15) is 5.75 Å². The minimum atomic E-state index is 0.122. The largest absolute Gasteiger partial charge is 0.424 e. The summed E-state index contributed by atoms with van der Waals surface area (Å²) in [4.78, 5) is 18.2. The molecule has 0 aliphatic heterocycles. The summed E-state index contributed by atoms with van der Waals surface area (Å²) >= 11 is 0. The van der Waals surface area contributed by atoms with Crippen LogP contribution in [0.3, 0.4) is 0 Å². The summed E-state index contributed by atoms with van der Waals surface area (Å²) in [5, 5.41) is 8.79. The normalized spacial score (nSPS) is 10.1. The molecule has 0 fully saturated rings. The predicted octanol–water partition coefficient (Wildman–Crippen LogP) is 1.62. The van der Waals surface area contributed by atoms with Gasteiger partial charge in [-0.05, 0) is 24.1 Å². The van der Waals surface area contributed by atoms with E-state index >= 15 is 0 Å². The van der Waals surface area contributed by atoms with Gasteiger partial charge >= 0.3 is 6.01 Å². The van der Waals surface area contributed by atoms with Crippen LogP contribution in [0.4, 0.5) is 0 Å². The first kappa shape index (κ1) is 12.2. The molecule has 0 aliphatic carbocycles. The number of aliphatic hydroxyl groups is 1. The molecule has 5 heteroatoms. The summed E-state index contributed by atoms with van der Waals surface area (Å²) in [5.41, 5.74) is 1.43. The van der Waals surface area contributed by atoms with Crippen LogP contribution in [0.25, 0.3) is 0 Å². The molecule has 18 heavy (non-hydrogen) atoms. The summed E-state index contributed by atoms with van der Waals surface area (Å²) in [6, 6.07) is 7.48. The number of ether oxygens (including phenoxy) is 1. The lowest BCUT2D eigenvalue weighted by Gasteiger charge is -2.04. The Kier molecular flexibility index (Phi) is 3.98. The van der Waals surface area contributed by atoms with Crippen molar-refractivity contribution in [3.05, 3.63) is 47.8 Å². The van der Waals surface area contributed by atoms with Gasteiger partial charge < -0.3 is 9.84 Å². The third-order valence-corrected chi connectivity index (χ3v) is 2.32. The molecule has 0 saturated heterocycles. The Balaban J connectivity index is 2.05. The van der Waals surface area contributed by atoms with Crippen LogP contribution in [-0.4, -0.2) is 28.0 Å². The monoisotopic (exact) mass is 244 g/mol. The summed E-state index contributed by atoms with van der Waals surface area (Å²) in [6.45, 7) is 0.122. The number of aromatic nitrogens is 2. The van der Waals surface area contributed by atoms with Crippen LogP contribution >= 0.6 is 0 Å². The molecule has 0 atom stereocenters. The lowest BCUT2D eigenvalue weighted by Crippen LogP contribution is -1.94. The first-order valence-electron chi connectivity index (χ1n) is 5.46. The Bertz CT molecular complexity index is 509. The molecular formula is C13H12N2O3. The zero-order valence-corrected chi connectivity index (χ0v) is 9.61. The quantitative estimate of drug-likeness (QED) is 0.809. The minimum absolute atomic E-state index is 0.122. The average Bonchev–Trinajstić information content (AvgIpc) is 2.42. The number of hydrogen-bond donors (Lipinski definition) is 1. The van der Waals surface area contributed by atoms with Crippen LogP contribution in [0.1, 0.15) is 15.9 Å². The van der Waals surface area contributed by atoms with Crippen molar-refractivity contribution in [2.45, 2.75) is 6.42 Å². The highest BCUT2D eigenvalue weighted by atomic mass is 16.5. The van der Waals surface area contributed by atoms with E-state index in [0.29, 0.717) is 24.0 Å². The van der Waals surface area contributed by atoms with Gasteiger partial charge in [-0.1, -0.05) is 12.1 Å². The smallest absolute Gasteiger partial charge is 0.321 e. The molecule has 0 spiro atoms. The molecule has 0 unspecified atom stereocenters. The van der Waals surface area contributed by atoms with Gasteiger partial charge in [-0.3, -0.25) is 4.79 Å². The Morgan fingerprint density at radius 3 is 2.39 bits per heavy atom. The second kappa shape index (κ2) is 5.88. The van der Waals surface area contributed by atoms with Crippen LogP contribution in [-0.2, 0) is 6.42 Å². The van der Waals surface area contributed by atoms with Gasteiger partial charge in [0.25, 0.3) is 0 Å². The lowest BCUT2D eigenvalue weighted by molar-refractivity contribution is 0.112. The van der Waals surface area contributed by atoms with Crippen molar-refractivity contribution in [3.63, 3.8) is 0 Å². The van der Waals surface area contributed by atoms with E-state index in [9.17, 15) is 4.79 Å². The maximum atomic E-state index is 10.4. The summed E-state index contributed by atoms with van der Waals surface area (Å²) in [5.74, 6) is 0.607. The lowest BCUT2D eigenvalue weighted by atomic mass is 10.1. The van der Waals surface area contributed by atoms with Gasteiger partial charge in [-0.25, -0.2) is 9.97 Å². The Labute approximate surface area is 104 Å². The van der Waals surface area contributed by atoms with Crippen molar-refractivity contribution < 1.29 is 14.6 Å². The van der Waals surface area contributed by atoms with Crippen LogP contribution in [0.2, 0.25) is 0 Å². The molecule has 1 N–H and O–H groups in total. The van der Waals surface area contributed by atoms with E-state index in [0.717, 1.165) is 5.56 Å². The molecule has 2 aromatic rings. The zero-order valence-electron chi connectivity index (χ0n) is 9.61. The number of hydrogen-bond acceptors (Lipinski definition) is 5. The van der Waals surface area contributed by atoms with E-state index in [1.165, 1.54) is 12.4 Å². The SMILES string of the molecule is O=Cc1cnc(Oc2ccc(CCO)cc2)nc1. The fourth-order valence-electron chi connectivity index (χ4n) is 1.40. The van der Waals surface area contributed by atoms with E-state index < -0.39 is 0 Å². The molecule has 5 nitrogen and oxygen atoms in total. The molecule has 0 aliphatic rings. The Morgan fingerprint density at radius 1 is 1.17 bits per heavy atom. The number of rotatable bonds is 5. The maximum Gasteiger partial charge on any atom is 0.321 e. The van der Waals surface area contributed by atoms with E-state index in [-0.39, 0.29) is 12.6 Å². The average molecular weight is 244 g/mol. The molecule has 92 valence electrons. The minimum Gasteiger partial charge on any atom is -0.424 e. The highest BCUT2D eigenvalue weighted by molar-refractivity contribution is 5.73. The van der Waals surface area contributed by atoms with Crippen molar-refractivity contribution in [1.29, 1.82) is 0 Å². The van der Waals surface area contributed by atoms with Gasteiger partial charge in [0, 0.05) is 19.0 Å². The highest BCUT2D eigenvalue weighted by Gasteiger charge is 2.01. The van der Waals surface area contributed by atoms with Gasteiger partial charge in [0.15, 0.2) is 6.29 Å². The summed E-state index contributed by atoms with van der Waals surface area (Å²) < 4.78 is 5.41. The molecule has 1 heterocycles. The standard InChI is InChI=1S/C13H12N2O3/c16-6-5-10-1-3-12(4-2-10)18-13-14-7-11(9-17)8-15-13/h1-4,7-9,16H,5-6H2. The Hall–Kier alpha value is -2.27. The molecule has 0 amide bonds. The van der Waals surface area contributed by atoms with Gasteiger partial charge in [0.2, 0.25) is 0 Å². The molecule has 0 radical (unpaired) electrons. The van der Waals surface area contributed by atoms with Crippen LogP contribution < -0.4 is 4.74 Å². The van der Waals surface area contributed by atoms with Crippen LogP contribution in [0.5, 0.6) is 11.8 Å². The van der Waals surface area contributed by atoms with Gasteiger partial charge in [-0.2, -0.15) is 0 Å². The number of aliphatic hydroxyl groups excluding tert-OH is 1. The first-order chi connectivity index (χ1) is 8.81. The summed E-state index contributed by atoms with van der Waals surface area (Å²) in [6.07, 6.45) is 4.09. The van der Waals surface area contributed by atoms with E-state index in [2.05, 4.69) is 9.97 Å². The third-order valence-electron chi connectivity index (χ3n) is 2.32. The molecule has 2 rings (SSSR count). The fraction of sp³-hybridized carbons (Fsp3) is 0.154. The predicted molar refractivity (Wildman–Crippen MR) is 64.7 cm³/mol. The van der Waals surface area contributed by atoms with Crippen molar-refractivity contribution >= 4 is 6.29 Å². The highest BCUT2D eigenvalue weighted by Crippen LogP contribution is 2.18. The van der Waals surface area contributed by atoms with Crippen LogP contribution in [0.15, 0.2) is 36.7 Å². The van der Waals surface area contributed by atoms with Crippen molar-refractivity contribution in [1.82, 2.24) is 9.97 Å². The van der Waals surface area contributed by atoms with Crippen LogP contribution in [0, 0.1) is 0 Å². The van der Waals surface area contributed by atoms with E-state index in [4.69, 9.17) is 9.84 Å². The second-order valence-electron chi connectivity index (χ2n) is 3.64. The fourth-order valence-corrected chi connectivity index (χ4v) is 1.40. The summed E-state index contributed by atoms with van der Waals surface area (Å²) in [7, 11) is 0. The zero-order chi connectivity index (χ0) is 12.8. The number of benzene rings is 1. The van der Waals surface area contributed by atoms with Crippen molar-refractivity contribution in [2.24, 2.45) is 0 Å². The molecule has 1 aromatic carbocycles. The third kappa shape index (κ3) is 3.11. The van der Waals surface area contributed by atoms with Gasteiger partial charge in [0.05, 0.1) is 5.56 Å². The number of carbonyl (C=O) groups is 1. The second-order valence-corrected chi connectivity index (χ2v) is 3.64. The first-order valence-corrected chi connectivity index (χ1v) is 5.46. The number of aldehydes is 1. The van der Waals surface area contributed by atoms with Crippen molar-refractivity contribution in [3.8, 4) is 11.8 Å². The Morgan fingerprint density at radius 2 is 1.83 bits per heavy atom. The topological polar surface area (TPSA) is 72.3 Å². The molecule has 0 bridgehead atoms.